The first-order chi connectivity index (χ1) is 27.1. The van der Waals surface area contributed by atoms with Gasteiger partial charge >= 0.3 is 0 Å². The average molecular weight is 739 g/mol. The summed E-state index contributed by atoms with van der Waals surface area (Å²) in [6, 6.07) is 33.2. The predicted octanol–water partition coefficient (Wildman–Crippen LogP) is 11.1. The Morgan fingerprint density at radius 2 is 0.804 bits per heavy atom. The van der Waals surface area contributed by atoms with Crippen molar-refractivity contribution >= 4 is 87.0 Å². The molecule has 11 aromatic rings. The first kappa shape index (κ1) is 31.5. The molecule has 9 aromatic carbocycles. The van der Waals surface area contributed by atoms with Crippen molar-refractivity contribution < 1.29 is 49.7 Å². The molecule has 8 N–H and O–H groups in total. The highest BCUT2D eigenvalue weighted by molar-refractivity contribution is 6.34. The van der Waals surface area contributed by atoms with E-state index < -0.39 is 46.0 Å². The summed E-state index contributed by atoms with van der Waals surface area (Å²) in [4.78, 5) is 0. The second-order valence-corrected chi connectivity index (χ2v) is 14.0. The molecule has 270 valence electrons. The van der Waals surface area contributed by atoms with Crippen molar-refractivity contribution in [3.8, 4) is 68.2 Å². The number of hydrogen-bond acceptors (Lipinski definition) is 10. The molecule has 2 aromatic heterocycles. The molecule has 0 unspecified atom stereocenters. The van der Waals surface area contributed by atoms with Gasteiger partial charge in [-0.2, -0.15) is 0 Å². The fourth-order valence-electron chi connectivity index (χ4n) is 8.67. The number of fused-ring (bicyclic) bond motifs is 12. The molecule has 0 bridgehead atoms. The van der Waals surface area contributed by atoms with Gasteiger partial charge in [-0.1, -0.05) is 78.9 Å². The topological polar surface area (TPSA) is 188 Å². The minimum Gasteiger partial charge on any atom is -0.504 e. The standard InChI is InChI=1S/C46H26O10/c47-39-35-31(20-13-15-24-23-10-5-6-12-27(23)55-29(24)17-20)36-38(42(50)46(54)44(52)40(36)48)34(37(35)41(49)45(53)43(39)51)26-18-30-33(25-11-4-3-9-22(25)26)32-21-8-2-1-7-19(21)14-16-28(32)56-30/h1-18,47-54H. The van der Waals surface area contributed by atoms with Crippen LogP contribution in [0, 0.1) is 0 Å². The minimum atomic E-state index is -1.05. The maximum Gasteiger partial charge on any atom is 0.204 e. The molecule has 10 nitrogen and oxygen atoms in total. The average Bonchev–Trinajstić information content (AvgIpc) is 3.80. The number of phenolic OH excluding ortho intramolecular Hbond substituents is 8. The number of aromatic hydroxyl groups is 8. The Labute approximate surface area is 313 Å². The van der Waals surface area contributed by atoms with Crippen LogP contribution in [-0.4, -0.2) is 40.9 Å². The summed E-state index contributed by atoms with van der Waals surface area (Å²) in [5.41, 5.74) is 2.39. The number of phenols is 8. The molecule has 11 rings (SSSR count). The number of benzene rings is 9. The van der Waals surface area contributed by atoms with Crippen molar-refractivity contribution in [2.75, 3.05) is 0 Å². The van der Waals surface area contributed by atoms with E-state index in [-0.39, 0.29) is 43.8 Å². The van der Waals surface area contributed by atoms with Gasteiger partial charge in [-0.3, -0.25) is 0 Å². The van der Waals surface area contributed by atoms with Crippen molar-refractivity contribution in [2.45, 2.75) is 0 Å². The van der Waals surface area contributed by atoms with Crippen LogP contribution < -0.4 is 0 Å². The Hall–Kier alpha value is -7.98. The molecule has 0 aliphatic heterocycles. The summed E-state index contributed by atoms with van der Waals surface area (Å²) in [5.74, 6) is -7.70. The molecule has 0 saturated heterocycles. The van der Waals surface area contributed by atoms with E-state index in [1.54, 1.807) is 36.4 Å². The van der Waals surface area contributed by atoms with E-state index in [4.69, 9.17) is 8.83 Å². The lowest BCUT2D eigenvalue weighted by Gasteiger charge is -2.23. The van der Waals surface area contributed by atoms with Gasteiger partial charge in [0.15, 0.2) is 23.0 Å². The fourth-order valence-corrected chi connectivity index (χ4v) is 8.67. The van der Waals surface area contributed by atoms with Crippen LogP contribution in [0.2, 0.25) is 0 Å². The van der Waals surface area contributed by atoms with Crippen molar-refractivity contribution in [1.82, 2.24) is 0 Å². The van der Waals surface area contributed by atoms with Gasteiger partial charge in [0.1, 0.15) is 22.3 Å². The van der Waals surface area contributed by atoms with Gasteiger partial charge in [-0.15, -0.1) is 0 Å². The van der Waals surface area contributed by atoms with Crippen molar-refractivity contribution in [3.05, 3.63) is 109 Å². The Morgan fingerprint density at radius 3 is 1.46 bits per heavy atom. The van der Waals surface area contributed by atoms with Crippen molar-refractivity contribution in [3.63, 3.8) is 0 Å². The van der Waals surface area contributed by atoms with Crippen LogP contribution in [0.5, 0.6) is 46.0 Å². The molecule has 0 atom stereocenters. The Morgan fingerprint density at radius 1 is 0.304 bits per heavy atom. The molecule has 0 aliphatic carbocycles. The smallest absolute Gasteiger partial charge is 0.204 e. The number of hydrogen-bond donors (Lipinski definition) is 8. The van der Waals surface area contributed by atoms with Crippen LogP contribution in [0.25, 0.3) is 109 Å². The molecule has 2 heterocycles. The van der Waals surface area contributed by atoms with E-state index in [1.165, 1.54) is 0 Å². The van der Waals surface area contributed by atoms with Gasteiger partial charge in [0.05, 0.1) is 0 Å². The molecular weight excluding hydrogens is 712 g/mol. The van der Waals surface area contributed by atoms with Gasteiger partial charge < -0.3 is 49.7 Å². The van der Waals surface area contributed by atoms with Crippen LogP contribution in [0.3, 0.4) is 0 Å². The van der Waals surface area contributed by atoms with Gasteiger partial charge in [-0.25, -0.2) is 0 Å². The predicted molar refractivity (Wildman–Crippen MR) is 215 cm³/mol. The summed E-state index contributed by atoms with van der Waals surface area (Å²) in [5, 5.41) is 97.2. The highest BCUT2D eigenvalue weighted by Gasteiger charge is 2.33. The second-order valence-electron chi connectivity index (χ2n) is 14.0. The lowest BCUT2D eigenvalue weighted by Crippen LogP contribution is -1.95. The maximum absolute atomic E-state index is 11.9. The third-order valence-electron chi connectivity index (χ3n) is 11.1. The number of furan rings is 2. The molecule has 0 amide bonds. The summed E-state index contributed by atoms with van der Waals surface area (Å²) in [6.45, 7) is 0. The molecule has 56 heavy (non-hydrogen) atoms. The van der Waals surface area contributed by atoms with E-state index in [1.807, 2.05) is 72.8 Å². The van der Waals surface area contributed by atoms with Crippen LogP contribution in [-0.2, 0) is 0 Å². The van der Waals surface area contributed by atoms with Crippen molar-refractivity contribution in [2.24, 2.45) is 0 Å². The first-order valence-electron chi connectivity index (χ1n) is 17.6. The highest BCUT2D eigenvalue weighted by Crippen LogP contribution is 2.62. The van der Waals surface area contributed by atoms with Gasteiger partial charge in [0.25, 0.3) is 0 Å². The monoisotopic (exact) mass is 738 g/mol. The molecule has 0 radical (unpaired) electrons. The Bertz CT molecular complexity index is 3490. The molecular formula is C46H26O10. The number of rotatable bonds is 2. The minimum absolute atomic E-state index is 0.0711. The van der Waals surface area contributed by atoms with E-state index in [0.717, 1.165) is 32.3 Å². The van der Waals surface area contributed by atoms with Crippen LogP contribution in [0.15, 0.2) is 118 Å². The lowest BCUT2D eigenvalue weighted by atomic mass is 9.82. The molecule has 10 heteroatoms. The van der Waals surface area contributed by atoms with E-state index in [0.29, 0.717) is 33.1 Å². The summed E-state index contributed by atoms with van der Waals surface area (Å²) in [7, 11) is 0. The largest absolute Gasteiger partial charge is 0.504 e. The normalized spacial score (nSPS) is 12.1. The summed E-state index contributed by atoms with van der Waals surface area (Å²) >= 11 is 0. The first-order valence-corrected chi connectivity index (χ1v) is 17.6. The van der Waals surface area contributed by atoms with Gasteiger partial charge in [0.2, 0.25) is 23.0 Å². The van der Waals surface area contributed by atoms with E-state index in [2.05, 4.69) is 0 Å². The summed E-state index contributed by atoms with van der Waals surface area (Å²) < 4.78 is 12.6. The fraction of sp³-hybridized carbons (Fsp3) is 0. The zero-order chi connectivity index (χ0) is 38.3. The van der Waals surface area contributed by atoms with Crippen LogP contribution in [0.1, 0.15) is 0 Å². The second kappa shape index (κ2) is 10.8. The lowest BCUT2D eigenvalue weighted by molar-refractivity contribution is 0.350. The zero-order valence-corrected chi connectivity index (χ0v) is 28.8. The zero-order valence-electron chi connectivity index (χ0n) is 28.8. The van der Waals surface area contributed by atoms with Gasteiger partial charge in [-0.05, 0) is 63.0 Å². The highest BCUT2D eigenvalue weighted by atomic mass is 16.4. The van der Waals surface area contributed by atoms with Crippen molar-refractivity contribution in [1.29, 1.82) is 0 Å². The summed E-state index contributed by atoms with van der Waals surface area (Å²) in [6.07, 6.45) is 0. The maximum atomic E-state index is 11.9. The third-order valence-corrected chi connectivity index (χ3v) is 11.1. The Kier molecular flexibility index (Phi) is 6.08. The Balaban J connectivity index is 1.38. The third kappa shape index (κ3) is 3.88. The van der Waals surface area contributed by atoms with E-state index in [9.17, 15) is 40.9 Å². The SMILES string of the molecule is Oc1c(O)c(O)c2c(-c3cc4oc5ccc6ccccc6c5c4c4ccccc34)c3c(O)c(O)c(O)c(O)c3c(-c3ccc4c(c3)oc3ccccc34)c2c1O. The van der Waals surface area contributed by atoms with E-state index >= 15 is 0 Å². The van der Waals surface area contributed by atoms with Crippen LogP contribution >= 0.6 is 0 Å². The molecule has 0 fully saturated rings. The number of para-hydroxylation sites is 1. The quantitative estimate of drug-likeness (QED) is 0.0481. The van der Waals surface area contributed by atoms with Crippen LogP contribution in [0.4, 0.5) is 0 Å². The molecule has 0 saturated carbocycles. The molecule has 0 aliphatic rings. The van der Waals surface area contributed by atoms with Gasteiger partial charge in [0, 0.05) is 54.2 Å². The molecule has 0 spiro atoms.